The van der Waals surface area contributed by atoms with Gasteiger partial charge < -0.3 is 0 Å². The van der Waals surface area contributed by atoms with Crippen molar-refractivity contribution in [3.05, 3.63) is 45.3 Å². The van der Waals surface area contributed by atoms with Crippen molar-refractivity contribution in [1.82, 2.24) is 0 Å². The Morgan fingerprint density at radius 1 is 1.04 bits per heavy atom. The van der Waals surface area contributed by atoms with Gasteiger partial charge in [0.1, 0.15) is 8.55 Å². The monoisotopic (exact) mass is 389 g/mol. The van der Waals surface area contributed by atoms with E-state index in [-0.39, 0.29) is 13.6 Å². The van der Waals surface area contributed by atoms with Crippen molar-refractivity contribution in [3.8, 4) is 0 Å². The third-order valence-electron chi connectivity index (χ3n) is 4.13. The molecule has 1 aliphatic rings. The predicted molar refractivity (Wildman–Crippen MR) is 97.4 cm³/mol. The molecule has 0 aliphatic heterocycles. The van der Waals surface area contributed by atoms with Crippen LogP contribution in [0.25, 0.3) is 0 Å². The molecule has 0 spiro atoms. The van der Waals surface area contributed by atoms with Crippen LogP contribution in [0.1, 0.15) is 43.6 Å². The van der Waals surface area contributed by atoms with Gasteiger partial charge in [0.15, 0.2) is 0 Å². The first-order valence-electron chi connectivity index (χ1n) is 7.53. The summed E-state index contributed by atoms with van der Waals surface area (Å²) in [5.74, 6) is 0.601. The van der Waals surface area contributed by atoms with Gasteiger partial charge >= 0.3 is 0 Å². The molecule has 1 N–H and O–H groups in total. The number of thiophene rings is 1. The molecular formula is C16H17Cl2NO2S2. The largest absolute Gasteiger partial charge is 0.279 e. The maximum Gasteiger partial charge on any atom is 0.271 e. The third kappa shape index (κ3) is 4.02. The second kappa shape index (κ2) is 7.01. The van der Waals surface area contributed by atoms with Crippen LogP contribution in [0, 0.1) is 0 Å². The molecule has 0 saturated heterocycles. The third-order valence-corrected chi connectivity index (χ3v) is 7.85. The summed E-state index contributed by atoms with van der Waals surface area (Å²) < 4.78 is 27.6. The molecule has 23 heavy (non-hydrogen) atoms. The van der Waals surface area contributed by atoms with Crippen molar-refractivity contribution in [2.45, 2.75) is 42.2 Å². The maximum atomic E-state index is 12.3. The van der Waals surface area contributed by atoms with Crippen molar-refractivity contribution in [2.75, 3.05) is 4.72 Å². The Morgan fingerprint density at radius 3 is 2.26 bits per heavy atom. The van der Waals surface area contributed by atoms with Crippen LogP contribution in [-0.4, -0.2) is 8.42 Å². The smallest absolute Gasteiger partial charge is 0.271 e. The van der Waals surface area contributed by atoms with E-state index in [4.69, 9.17) is 23.2 Å². The SMILES string of the molecule is O=S(=O)(Nc1ccc(C2CCCCC2)cc1)c1cc(Cl)c(Cl)s1. The summed E-state index contributed by atoms with van der Waals surface area (Å²) in [7, 11) is -3.65. The minimum Gasteiger partial charge on any atom is -0.279 e. The summed E-state index contributed by atoms with van der Waals surface area (Å²) in [6, 6.07) is 9.04. The van der Waals surface area contributed by atoms with E-state index in [2.05, 4.69) is 4.72 Å². The van der Waals surface area contributed by atoms with Crippen LogP contribution in [-0.2, 0) is 10.0 Å². The summed E-state index contributed by atoms with van der Waals surface area (Å²) in [6.07, 6.45) is 6.31. The average Bonchev–Trinajstić information content (AvgIpc) is 2.89. The fourth-order valence-electron chi connectivity index (χ4n) is 2.92. The fraction of sp³-hybridized carbons (Fsp3) is 0.375. The van der Waals surface area contributed by atoms with E-state index >= 15 is 0 Å². The molecule has 1 aromatic carbocycles. The summed E-state index contributed by atoms with van der Waals surface area (Å²) in [4.78, 5) is 0. The molecule has 3 rings (SSSR count). The molecule has 0 radical (unpaired) electrons. The molecule has 1 fully saturated rings. The lowest BCUT2D eigenvalue weighted by atomic mass is 9.84. The summed E-state index contributed by atoms with van der Waals surface area (Å²) in [5, 5.41) is 0.254. The lowest BCUT2D eigenvalue weighted by molar-refractivity contribution is 0.443. The van der Waals surface area contributed by atoms with Crippen LogP contribution in [0.15, 0.2) is 34.5 Å². The van der Waals surface area contributed by atoms with E-state index in [0.29, 0.717) is 11.6 Å². The zero-order chi connectivity index (χ0) is 16.4. The number of nitrogens with one attached hydrogen (secondary N) is 1. The van der Waals surface area contributed by atoms with Crippen LogP contribution in [0.3, 0.4) is 0 Å². The van der Waals surface area contributed by atoms with Crippen LogP contribution >= 0.6 is 34.5 Å². The zero-order valence-electron chi connectivity index (χ0n) is 12.4. The lowest BCUT2D eigenvalue weighted by Gasteiger charge is -2.22. The Labute approximate surface area is 150 Å². The van der Waals surface area contributed by atoms with Gasteiger partial charge in [-0.1, -0.05) is 54.6 Å². The van der Waals surface area contributed by atoms with Crippen molar-refractivity contribution in [3.63, 3.8) is 0 Å². The molecule has 3 nitrogen and oxygen atoms in total. The molecule has 2 aromatic rings. The molecule has 124 valence electrons. The van der Waals surface area contributed by atoms with Crippen molar-refractivity contribution < 1.29 is 8.42 Å². The number of benzene rings is 1. The quantitative estimate of drug-likeness (QED) is 0.706. The van der Waals surface area contributed by atoms with Gasteiger partial charge in [0.05, 0.1) is 5.02 Å². The van der Waals surface area contributed by atoms with Gasteiger partial charge in [0, 0.05) is 5.69 Å². The van der Waals surface area contributed by atoms with Gasteiger partial charge in [-0.05, 0) is 42.5 Å². The number of sulfonamides is 1. The Morgan fingerprint density at radius 2 is 1.70 bits per heavy atom. The molecular weight excluding hydrogens is 373 g/mol. The van der Waals surface area contributed by atoms with Gasteiger partial charge in [-0.2, -0.15) is 0 Å². The minimum atomic E-state index is -3.65. The lowest BCUT2D eigenvalue weighted by Crippen LogP contribution is -2.11. The summed E-state index contributed by atoms with van der Waals surface area (Å²) >= 11 is 12.6. The highest BCUT2D eigenvalue weighted by Crippen LogP contribution is 2.36. The van der Waals surface area contributed by atoms with E-state index in [1.165, 1.54) is 43.7 Å². The van der Waals surface area contributed by atoms with Gasteiger partial charge in [0.2, 0.25) is 0 Å². The van der Waals surface area contributed by atoms with Crippen LogP contribution < -0.4 is 4.72 Å². The minimum absolute atomic E-state index is 0.115. The number of hydrogen-bond acceptors (Lipinski definition) is 3. The predicted octanol–water partition coefficient (Wildman–Crippen LogP) is 5.90. The number of rotatable bonds is 4. The van der Waals surface area contributed by atoms with Gasteiger partial charge in [-0.15, -0.1) is 11.3 Å². The Bertz CT molecular complexity index is 759. The summed E-state index contributed by atoms with van der Waals surface area (Å²) in [6.45, 7) is 0. The Kier molecular flexibility index (Phi) is 5.21. The molecule has 0 bridgehead atoms. The van der Waals surface area contributed by atoms with Crippen molar-refractivity contribution in [1.29, 1.82) is 0 Å². The van der Waals surface area contributed by atoms with E-state index in [1.807, 2.05) is 24.3 Å². The first-order valence-corrected chi connectivity index (χ1v) is 10.6. The van der Waals surface area contributed by atoms with Crippen molar-refractivity contribution in [2.24, 2.45) is 0 Å². The zero-order valence-corrected chi connectivity index (χ0v) is 15.5. The van der Waals surface area contributed by atoms with Crippen molar-refractivity contribution >= 4 is 50.2 Å². The second-order valence-electron chi connectivity index (χ2n) is 5.75. The first kappa shape index (κ1) is 17.1. The number of anilines is 1. The standard InChI is InChI=1S/C16H17Cl2NO2S2/c17-14-10-15(22-16(14)18)23(20,21)19-13-8-6-12(7-9-13)11-4-2-1-3-5-11/h6-11,19H,1-5H2. The number of hydrogen-bond donors (Lipinski definition) is 1. The molecule has 1 aromatic heterocycles. The highest BCUT2D eigenvalue weighted by atomic mass is 35.5. The molecule has 1 heterocycles. The summed E-state index contributed by atoms with van der Waals surface area (Å²) in [5.41, 5.74) is 1.83. The second-order valence-corrected chi connectivity index (χ2v) is 9.72. The van der Waals surface area contributed by atoms with Crippen LogP contribution in [0.5, 0.6) is 0 Å². The normalized spacial score (nSPS) is 16.4. The van der Waals surface area contributed by atoms with Gasteiger partial charge in [-0.25, -0.2) is 8.42 Å². The first-order chi connectivity index (χ1) is 11.0. The Balaban J connectivity index is 1.74. The van der Waals surface area contributed by atoms with Gasteiger partial charge in [-0.3, -0.25) is 4.72 Å². The fourth-order valence-corrected chi connectivity index (χ4v) is 5.86. The molecule has 0 unspecified atom stereocenters. The topological polar surface area (TPSA) is 46.2 Å². The molecule has 7 heteroatoms. The van der Waals surface area contributed by atoms with Crippen LogP contribution in [0.2, 0.25) is 9.36 Å². The Hall–Kier alpha value is -0.750. The van der Waals surface area contributed by atoms with E-state index in [1.54, 1.807) is 0 Å². The number of halogens is 2. The average molecular weight is 390 g/mol. The van der Waals surface area contributed by atoms with Crippen LogP contribution in [0.4, 0.5) is 5.69 Å². The molecule has 0 atom stereocenters. The van der Waals surface area contributed by atoms with E-state index in [0.717, 1.165) is 11.3 Å². The highest BCUT2D eigenvalue weighted by molar-refractivity contribution is 7.94. The van der Waals surface area contributed by atoms with Gasteiger partial charge in [0.25, 0.3) is 10.0 Å². The van der Waals surface area contributed by atoms with E-state index in [9.17, 15) is 8.42 Å². The molecule has 1 saturated carbocycles. The molecule has 0 amide bonds. The molecule has 1 aliphatic carbocycles. The van der Waals surface area contributed by atoms with E-state index < -0.39 is 10.0 Å². The highest BCUT2D eigenvalue weighted by Gasteiger charge is 2.20. The maximum absolute atomic E-state index is 12.3.